The van der Waals surface area contributed by atoms with E-state index < -0.39 is 0 Å². The van der Waals surface area contributed by atoms with Crippen LogP contribution in [0.15, 0.2) is 36.5 Å². The van der Waals surface area contributed by atoms with Crippen molar-refractivity contribution < 1.29 is 0 Å². The molecule has 4 heterocycles. The zero-order chi connectivity index (χ0) is 24.8. The largest absolute Gasteiger partial charge is 0.354 e. The van der Waals surface area contributed by atoms with Gasteiger partial charge in [0.05, 0.1) is 0 Å². The fourth-order valence-electron chi connectivity index (χ4n) is 6.11. The maximum absolute atomic E-state index is 6.17. The van der Waals surface area contributed by atoms with Crippen LogP contribution in [-0.2, 0) is 6.42 Å². The fraction of sp³-hybridized carbons (Fsp3) is 0.567. The zero-order valence-electron chi connectivity index (χ0n) is 22.1. The van der Waals surface area contributed by atoms with Gasteiger partial charge in [0.15, 0.2) is 0 Å². The third kappa shape index (κ3) is 5.93. The minimum Gasteiger partial charge on any atom is -0.354 e. The molecule has 3 aromatic rings. The van der Waals surface area contributed by atoms with Crippen molar-refractivity contribution in [3.8, 4) is 11.3 Å². The number of benzene rings is 1. The molecule has 190 valence electrons. The average Bonchev–Trinajstić information content (AvgIpc) is 3.28. The lowest BCUT2D eigenvalue weighted by Crippen LogP contribution is -2.47. The number of hydrogen-bond donors (Lipinski definition) is 1. The van der Waals surface area contributed by atoms with Crippen LogP contribution >= 0.6 is 11.6 Å². The predicted molar refractivity (Wildman–Crippen MR) is 151 cm³/mol. The van der Waals surface area contributed by atoms with Crippen LogP contribution in [0.2, 0.25) is 5.15 Å². The smallest absolute Gasteiger partial charge is 0.129 e. The molecule has 2 fully saturated rings. The van der Waals surface area contributed by atoms with Gasteiger partial charge in [0.25, 0.3) is 0 Å². The number of fused-ring (bicyclic) bond motifs is 1. The second-order valence-corrected chi connectivity index (χ2v) is 10.3. The number of H-pyrrole nitrogens is 1. The highest BCUT2D eigenvalue weighted by Crippen LogP contribution is 2.36. The van der Waals surface area contributed by atoms with Gasteiger partial charge in [-0.05, 0) is 113 Å². The van der Waals surface area contributed by atoms with Gasteiger partial charge in [-0.15, -0.1) is 0 Å². The van der Waals surface area contributed by atoms with Crippen molar-refractivity contribution in [1.82, 2.24) is 19.8 Å². The van der Waals surface area contributed by atoms with Crippen LogP contribution in [0.5, 0.6) is 0 Å². The lowest BCUT2D eigenvalue weighted by molar-refractivity contribution is 0.0874. The van der Waals surface area contributed by atoms with Crippen LogP contribution in [0.25, 0.3) is 22.2 Å². The van der Waals surface area contributed by atoms with Crippen molar-refractivity contribution in [3.63, 3.8) is 0 Å². The molecule has 35 heavy (non-hydrogen) atoms. The maximum atomic E-state index is 6.17. The van der Waals surface area contributed by atoms with E-state index in [1.54, 1.807) is 6.20 Å². The number of piperidine rings is 2. The summed E-state index contributed by atoms with van der Waals surface area (Å²) in [5, 5.41) is 1.90. The van der Waals surface area contributed by atoms with Crippen LogP contribution in [0.4, 0.5) is 0 Å². The lowest BCUT2D eigenvalue weighted by atomic mass is 9.87. The van der Waals surface area contributed by atoms with E-state index in [9.17, 15) is 0 Å². The number of aromatic nitrogens is 2. The Hall–Kier alpha value is -1.88. The molecule has 0 unspecified atom stereocenters. The number of aryl methyl sites for hydroxylation is 1. The quantitative estimate of drug-likeness (QED) is 0.360. The van der Waals surface area contributed by atoms with Gasteiger partial charge in [-0.3, -0.25) is 0 Å². The fourth-order valence-corrected chi connectivity index (χ4v) is 6.29. The molecule has 0 radical (unpaired) electrons. The van der Waals surface area contributed by atoms with E-state index in [1.807, 2.05) is 26.0 Å². The highest BCUT2D eigenvalue weighted by atomic mass is 35.5. The third-order valence-electron chi connectivity index (χ3n) is 7.91. The van der Waals surface area contributed by atoms with Gasteiger partial charge >= 0.3 is 0 Å². The van der Waals surface area contributed by atoms with Gasteiger partial charge in [-0.25, -0.2) is 4.98 Å². The van der Waals surface area contributed by atoms with Crippen molar-refractivity contribution >= 4 is 22.5 Å². The van der Waals surface area contributed by atoms with Gasteiger partial charge in [-0.1, -0.05) is 45.4 Å². The third-order valence-corrected chi connectivity index (χ3v) is 8.12. The standard InChI is InChI=1S/C28H37ClN4.C2H6/c1-3-13-32-14-10-23(11-15-32)33-16-8-20(9-17-33)21-5-6-26-25(18-21)24(4-2)28(31-26)22-7-12-30-27(29)19-22;1-2/h5-7,12,18-20,23,31H,3-4,8-11,13-17H2,1-2H3;1-2H3. The molecule has 4 nitrogen and oxygen atoms in total. The number of halogens is 1. The molecule has 0 atom stereocenters. The molecule has 0 amide bonds. The summed E-state index contributed by atoms with van der Waals surface area (Å²) in [4.78, 5) is 13.2. The summed E-state index contributed by atoms with van der Waals surface area (Å²) in [6, 6.07) is 11.9. The van der Waals surface area contributed by atoms with Crippen LogP contribution in [0.3, 0.4) is 0 Å². The number of rotatable bonds is 6. The SMILES string of the molecule is CC.CCCN1CCC(N2CCC(c3ccc4[nH]c(-c5ccnc(Cl)c5)c(CC)c4c3)CC2)CC1. The summed E-state index contributed by atoms with van der Waals surface area (Å²) in [6.45, 7) is 14.9. The molecule has 0 bridgehead atoms. The Labute approximate surface area is 217 Å². The lowest BCUT2D eigenvalue weighted by Gasteiger charge is -2.42. The molecule has 2 aliphatic heterocycles. The highest BCUT2D eigenvalue weighted by Gasteiger charge is 2.28. The Morgan fingerprint density at radius 2 is 1.71 bits per heavy atom. The first kappa shape index (κ1) is 26.2. The van der Waals surface area contributed by atoms with Crippen LogP contribution < -0.4 is 0 Å². The van der Waals surface area contributed by atoms with Crippen molar-refractivity contribution in [2.24, 2.45) is 0 Å². The first-order valence-electron chi connectivity index (χ1n) is 13.9. The van der Waals surface area contributed by atoms with Crippen molar-refractivity contribution in [3.05, 3.63) is 52.8 Å². The summed E-state index contributed by atoms with van der Waals surface area (Å²) < 4.78 is 0. The van der Waals surface area contributed by atoms with E-state index in [4.69, 9.17) is 11.6 Å². The average molecular weight is 495 g/mol. The molecule has 5 rings (SSSR count). The molecule has 2 aromatic heterocycles. The molecule has 1 N–H and O–H groups in total. The molecule has 5 heteroatoms. The first-order chi connectivity index (χ1) is 17.2. The Balaban J connectivity index is 0.00000141. The Kier molecular flexibility index (Phi) is 9.27. The molecular formula is C30H43ClN4. The van der Waals surface area contributed by atoms with Crippen LogP contribution in [0, 0.1) is 0 Å². The van der Waals surface area contributed by atoms with Gasteiger partial charge < -0.3 is 14.8 Å². The zero-order valence-corrected chi connectivity index (χ0v) is 22.9. The molecular weight excluding hydrogens is 452 g/mol. The van der Waals surface area contributed by atoms with Gasteiger partial charge in [0, 0.05) is 34.4 Å². The van der Waals surface area contributed by atoms with E-state index in [2.05, 4.69) is 51.8 Å². The minimum absolute atomic E-state index is 0.539. The number of nitrogens with zero attached hydrogens (tertiary/aromatic N) is 3. The van der Waals surface area contributed by atoms with E-state index in [0.29, 0.717) is 11.1 Å². The summed E-state index contributed by atoms with van der Waals surface area (Å²) >= 11 is 6.17. The maximum Gasteiger partial charge on any atom is 0.129 e. The second-order valence-electron chi connectivity index (χ2n) is 9.89. The van der Waals surface area contributed by atoms with Gasteiger partial charge in [0.1, 0.15) is 5.15 Å². The van der Waals surface area contributed by atoms with Gasteiger partial charge in [-0.2, -0.15) is 0 Å². The van der Waals surface area contributed by atoms with Gasteiger partial charge in [0.2, 0.25) is 0 Å². The summed E-state index contributed by atoms with van der Waals surface area (Å²) in [7, 11) is 0. The van der Waals surface area contributed by atoms with Crippen molar-refractivity contribution in [2.75, 3.05) is 32.7 Å². The Morgan fingerprint density at radius 1 is 0.971 bits per heavy atom. The highest BCUT2D eigenvalue weighted by molar-refractivity contribution is 6.29. The normalized spacial score (nSPS) is 18.5. The molecule has 0 saturated carbocycles. The number of nitrogens with one attached hydrogen (secondary N) is 1. The summed E-state index contributed by atoms with van der Waals surface area (Å²) in [5.74, 6) is 0.671. The van der Waals surface area contributed by atoms with E-state index >= 15 is 0 Å². The van der Waals surface area contributed by atoms with E-state index in [1.165, 1.54) is 92.6 Å². The number of pyridine rings is 1. The van der Waals surface area contributed by atoms with E-state index in [0.717, 1.165) is 18.0 Å². The van der Waals surface area contributed by atoms with Crippen LogP contribution in [0.1, 0.15) is 76.8 Å². The van der Waals surface area contributed by atoms with Crippen LogP contribution in [-0.4, -0.2) is 58.5 Å². The first-order valence-corrected chi connectivity index (χ1v) is 14.3. The molecule has 1 aromatic carbocycles. The van der Waals surface area contributed by atoms with E-state index in [-0.39, 0.29) is 0 Å². The topological polar surface area (TPSA) is 35.2 Å². The summed E-state index contributed by atoms with van der Waals surface area (Å²) in [5.41, 5.74) is 6.40. The molecule has 0 aliphatic carbocycles. The van der Waals surface area contributed by atoms with Crippen molar-refractivity contribution in [1.29, 1.82) is 0 Å². The summed E-state index contributed by atoms with van der Waals surface area (Å²) in [6.07, 6.45) is 9.31. The monoisotopic (exact) mass is 494 g/mol. The van der Waals surface area contributed by atoms with Crippen molar-refractivity contribution in [2.45, 2.75) is 78.2 Å². The minimum atomic E-state index is 0.539. The molecule has 2 saturated heterocycles. The number of hydrogen-bond acceptors (Lipinski definition) is 3. The molecule has 2 aliphatic rings. The Morgan fingerprint density at radius 3 is 2.37 bits per heavy atom. The Bertz CT molecular complexity index is 1080. The number of aromatic amines is 1. The molecule has 0 spiro atoms. The second kappa shape index (κ2) is 12.4. The predicted octanol–water partition coefficient (Wildman–Crippen LogP) is 7.53. The number of likely N-dealkylation sites (tertiary alicyclic amines) is 2.